The number of carboxylic acid groups (broad SMARTS) is 1. The zero-order valence-electron chi connectivity index (χ0n) is 10.2. The van der Waals surface area contributed by atoms with E-state index in [9.17, 15) is 9.59 Å². The number of hydrogen-bond donors (Lipinski definition) is 1. The van der Waals surface area contributed by atoms with Gasteiger partial charge in [-0.15, -0.1) is 0 Å². The summed E-state index contributed by atoms with van der Waals surface area (Å²) in [5.41, 5.74) is 1.64. The molecule has 0 amide bonds. The fraction of sp³-hybridized carbons (Fsp3) is 0.200. The maximum atomic E-state index is 12.4. The zero-order chi connectivity index (χ0) is 13.4. The minimum Gasteiger partial charge on any atom is -0.481 e. The van der Waals surface area contributed by atoms with Crippen molar-refractivity contribution in [2.75, 3.05) is 0 Å². The Morgan fingerprint density at radius 1 is 1.26 bits per heavy atom. The van der Waals surface area contributed by atoms with E-state index < -0.39 is 5.97 Å². The molecule has 1 aromatic carbocycles. The number of carbonyl (C=O) groups is 1. The smallest absolute Gasteiger partial charge is 0.307 e. The first-order chi connectivity index (χ1) is 9.15. The van der Waals surface area contributed by atoms with E-state index in [2.05, 4.69) is 0 Å². The lowest BCUT2D eigenvalue weighted by Crippen LogP contribution is -2.39. The molecule has 1 aliphatic carbocycles. The Morgan fingerprint density at radius 3 is 2.84 bits per heavy atom. The number of rotatable bonds is 2. The molecule has 0 fully saturated rings. The van der Waals surface area contributed by atoms with E-state index >= 15 is 0 Å². The van der Waals surface area contributed by atoms with Crippen molar-refractivity contribution in [3.05, 3.63) is 44.6 Å². The van der Waals surface area contributed by atoms with Gasteiger partial charge in [0.05, 0.1) is 17.0 Å². The van der Waals surface area contributed by atoms with Gasteiger partial charge in [-0.25, -0.2) is 0 Å². The number of aliphatic carboxylic acids is 1. The van der Waals surface area contributed by atoms with Crippen molar-refractivity contribution in [2.45, 2.75) is 19.3 Å². The van der Waals surface area contributed by atoms with Gasteiger partial charge in [-0.2, -0.15) is 0 Å². The van der Waals surface area contributed by atoms with Gasteiger partial charge in [-0.3, -0.25) is 9.59 Å². The predicted octanol–water partition coefficient (Wildman–Crippen LogP) is 0.775. The highest BCUT2D eigenvalue weighted by Crippen LogP contribution is 2.11. The molecule has 1 aromatic heterocycles. The van der Waals surface area contributed by atoms with Gasteiger partial charge >= 0.3 is 5.97 Å². The average Bonchev–Trinajstić information content (AvgIpc) is 2.39. The maximum Gasteiger partial charge on any atom is 0.307 e. The highest BCUT2D eigenvalue weighted by molar-refractivity contribution is 5.79. The summed E-state index contributed by atoms with van der Waals surface area (Å²) in [6.07, 6.45) is 5.41. The van der Waals surface area contributed by atoms with Gasteiger partial charge in [0, 0.05) is 0 Å². The number of carboxylic acids is 1. The van der Waals surface area contributed by atoms with E-state index in [0.717, 1.165) is 12.8 Å². The highest BCUT2D eigenvalue weighted by atomic mass is 16.4. The SMILES string of the molecule is O=C(O)Cc1ccc2oc3c(c(=O)c2c1)=CCCC=3. The van der Waals surface area contributed by atoms with Gasteiger partial charge in [0.15, 0.2) is 5.43 Å². The van der Waals surface area contributed by atoms with Crippen molar-refractivity contribution in [1.29, 1.82) is 0 Å². The molecule has 1 aliphatic rings. The fourth-order valence-electron chi connectivity index (χ4n) is 2.35. The second-order valence-corrected chi connectivity index (χ2v) is 4.60. The van der Waals surface area contributed by atoms with E-state index in [1.807, 2.05) is 12.2 Å². The van der Waals surface area contributed by atoms with Crippen molar-refractivity contribution >= 4 is 29.1 Å². The Balaban J connectivity index is 2.33. The third-order valence-corrected chi connectivity index (χ3v) is 3.22. The molecule has 4 heteroatoms. The van der Waals surface area contributed by atoms with Crippen LogP contribution in [-0.4, -0.2) is 11.1 Å². The predicted molar refractivity (Wildman–Crippen MR) is 71.2 cm³/mol. The maximum absolute atomic E-state index is 12.4. The van der Waals surface area contributed by atoms with E-state index in [-0.39, 0.29) is 11.8 Å². The van der Waals surface area contributed by atoms with Crippen LogP contribution in [0.15, 0.2) is 27.4 Å². The van der Waals surface area contributed by atoms with Crippen molar-refractivity contribution in [3.8, 4) is 0 Å². The summed E-state index contributed by atoms with van der Waals surface area (Å²) in [5, 5.41) is 9.82. The molecule has 0 saturated carbocycles. The van der Waals surface area contributed by atoms with Gasteiger partial charge in [0.25, 0.3) is 0 Å². The minimum absolute atomic E-state index is 0.0839. The number of hydrogen-bond acceptors (Lipinski definition) is 3. The summed E-state index contributed by atoms with van der Waals surface area (Å²) in [4.78, 5) is 23.1. The van der Waals surface area contributed by atoms with Gasteiger partial charge < -0.3 is 9.52 Å². The number of benzene rings is 1. The van der Waals surface area contributed by atoms with E-state index in [0.29, 0.717) is 27.2 Å². The lowest BCUT2D eigenvalue weighted by molar-refractivity contribution is -0.136. The Morgan fingerprint density at radius 2 is 2.05 bits per heavy atom. The summed E-state index contributed by atoms with van der Waals surface area (Å²) in [6, 6.07) is 4.95. The Labute approximate surface area is 108 Å². The first kappa shape index (κ1) is 11.7. The summed E-state index contributed by atoms with van der Waals surface area (Å²) in [6.45, 7) is 0. The third kappa shape index (κ3) is 2.05. The van der Waals surface area contributed by atoms with Crippen LogP contribution < -0.4 is 16.1 Å². The second kappa shape index (κ2) is 4.39. The molecule has 0 spiro atoms. The van der Waals surface area contributed by atoms with Crippen LogP contribution >= 0.6 is 0 Å². The Kier molecular flexibility index (Phi) is 2.71. The monoisotopic (exact) mass is 256 g/mol. The van der Waals surface area contributed by atoms with Crippen LogP contribution in [0, 0.1) is 0 Å². The van der Waals surface area contributed by atoms with Crippen molar-refractivity contribution in [2.24, 2.45) is 0 Å². The summed E-state index contributed by atoms with van der Waals surface area (Å²) >= 11 is 0. The Bertz CT molecular complexity index is 843. The topological polar surface area (TPSA) is 67.5 Å². The van der Waals surface area contributed by atoms with Crippen LogP contribution in [0.1, 0.15) is 18.4 Å². The number of fused-ring (bicyclic) bond motifs is 2. The van der Waals surface area contributed by atoms with Crippen molar-refractivity contribution in [1.82, 2.24) is 0 Å². The van der Waals surface area contributed by atoms with E-state index in [4.69, 9.17) is 9.52 Å². The summed E-state index contributed by atoms with van der Waals surface area (Å²) in [5.74, 6) is -0.915. The molecular weight excluding hydrogens is 244 g/mol. The van der Waals surface area contributed by atoms with E-state index in [1.165, 1.54) is 0 Å². The molecule has 1 heterocycles. The van der Waals surface area contributed by atoms with Crippen LogP contribution in [-0.2, 0) is 11.2 Å². The first-order valence-corrected chi connectivity index (χ1v) is 6.13. The molecule has 0 saturated heterocycles. The van der Waals surface area contributed by atoms with Crippen LogP contribution in [0.3, 0.4) is 0 Å². The largest absolute Gasteiger partial charge is 0.481 e. The molecule has 1 N–H and O–H groups in total. The van der Waals surface area contributed by atoms with E-state index in [1.54, 1.807) is 18.2 Å². The molecule has 96 valence electrons. The van der Waals surface area contributed by atoms with Crippen molar-refractivity contribution < 1.29 is 14.3 Å². The molecule has 3 rings (SSSR count). The normalized spacial score (nSPS) is 13.5. The van der Waals surface area contributed by atoms with Crippen LogP contribution in [0.25, 0.3) is 23.1 Å². The molecule has 0 bridgehead atoms. The molecule has 0 radical (unpaired) electrons. The van der Waals surface area contributed by atoms with Gasteiger partial charge in [-0.05, 0) is 36.6 Å². The molecule has 4 nitrogen and oxygen atoms in total. The first-order valence-electron chi connectivity index (χ1n) is 6.13. The average molecular weight is 256 g/mol. The standard InChI is InChI=1S/C15H12O4/c16-14(17)8-9-5-6-13-11(7-9)15(18)10-3-1-2-4-12(10)19-13/h3-7H,1-2,8H2,(H,16,17). The van der Waals surface area contributed by atoms with Crippen molar-refractivity contribution in [3.63, 3.8) is 0 Å². The van der Waals surface area contributed by atoms with Crippen LogP contribution in [0.4, 0.5) is 0 Å². The zero-order valence-corrected chi connectivity index (χ0v) is 10.2. The fourth-order valence-corrected chi connectivity index (χ4v) is 2.35. The highest BCUT2D eigenvalue weighted by Gasteiger charge is 2.08. The lowest BCUT2D eigenvalue weighted by atomic mass is 10.1. The van der Waals surface area contributed by atoms with Crippen LogP contribution in [0.2, 0.25) is 0 Å². The third-order valence-electron chi connectivity index (χ3n) is 3.22. The minimum atomic E-state index is -0.915. The summed E-state index contributed by atoms with van der Waals surface area (Å²) < 4.78 is 5.69. The molecule has 19 heavy (non-hydrogen) atoms. The molecule has 0 aliphatic heterocycles. The van der Waals surface area contributed by atoms with Crippen LogP contribution in [0.5, 0.6) is 0 Å². The molecular formula is C15H12O4. The quantitative estimate of drug-likeness (QED) is 0.862. The van der Waals surface area contributed by atoms with Gasteiger partial charge in [0.2, 0.25) is 0 Å². The van der Waals surface area contributed by atoms with Gasteiger partial charge in [-0.1, -0.05) is 12.1 Å². The van der Waals surface area contributed by atoms with Gasteiger partial charge in [0.1, 0.15) is 11.0 Å². The Hall–Kier alpha value is -2.36. The molecule has 0 unspecified atom stereocenters. The summed E-state index contributed by atoms with van der Waals surface area (Å²) in [7, 11) is 0. The second-order valence-electron chi connectivity index (χ2n) is 4.60. The lowest BCUT2D eigenvalue weighted by Gasteiger charge is -2.03. The molecule has 0 atom stereocenters. The molecule has 2 aromatic rings.